The molecule has 0 saturated heterocycles. The standard InChI is InChI=1S/C19H17N5O2/c1-14-21-7-8-23(14)13-17-4-2-3-16(9-17)12-22-18-6-5-15(11-20)10-19(18)24(25)26/h2-10,22H,12-13H2,1H3. The van der Waals surface area contributed by atoms with Crippen LogP contribution in [0.5, 0.6) is 0 Å². The van der Waals surface area contributed by atoms with Crippen molar-refractivity contribution in [2.45, 2.75) is 20.0 Å². The molecular formula is C19H17N5O2. The predicted molar refractivity (Wildman–Crippen MR) is 97.6 cm³/mol. The molecule has 0 spiro atoms. The number of nitro benzene ring substituents is 1. The molecule has 0 amide bonds. The van der Waals surface area contributed by atoms with Crippen molar-refractivity contribution in [1.82, 2.24) is 9.55 Å². The van der Waals surface area contributed by atoms with E-state index in [1.807, 2.05) is 37.4 Å². The van der Waals surface area contributed by atoms with E-state index in [9.17, 15) is 10.1 Å². The zero-order valence-corrected chi connectivity index (χ0v) is 14.2. The fourth-order valence-electron chi connectivity index (χ4n) is 2.70. The third-order valence-electron chi connectivity index (χ3n) is 4.07. The maximum absolute atomic E-state index is 11.2. The Hall–Kier alpha value is -3.66. The number of imidazole rings is 1. The molecule has 0 unspecified atom stereocenters. The van der Waals surface area contributed by atoms with Crippen molar-refractivity contribution in [1.29, 1.82) is 5.26 Å². The number of anilines is 1. The summed E-state index contributed by atoms with van der Waals surface area (Å²) in [6, 6.07) is 14.3. The monoisotopic (exact) mass is 347 g/mol. The molecular weight excluding hydrogens is 330 g/mol. The fraction of sp³-hybridized carbons (Fsp3) is 0.158. The minimum atomic E-state index is -0.485. The Morgan fingerprint density at radius 3 is 2.77 bits per heavy atom. The van der Waals surface area contributed by atoms with E-state index < -0.39 is 4.92 Å². The van der Waals surface area contributed by atoms with Gasteiger partial charge in [-0.15, -0.1) is 0 Å². The molecule has 0 radical (unpaired) electrons. The molecule has 1 N–H and O–H groups in total. The van der Waals surface area contributed by atoms with Crippen LogP contribution in [0.1, 0.15) is 22.5 Å². The number of nitro groups is 1. The van der Waals surface area contributed by atoms with Crippen LogP contribution < -0.4 is 5.32 Å². The van der Waals surface area contributed by atoms with Crippen molar-refractivity contribution in [3.05, 3.63) is 87.5 Å². The van der Waals surface area contributed by atoms with E-state index in [2.05, 4.69) is 20.9 Å². The molecule has 0 fully saturated rings. The summed E-state index contributed by atoms with van der Waals surface area (Å²) in [7, 11) is 0. The molecule has 0 aliphatic carbocycles. The highest BCUT2D eigenvalue weighted by molar-refractivity contribution is 5.64. The lowest BCUT2D eigenvalue weighted by Crippen LogP contribution is -2.05. The number of aryl methyl sites for hydroxylation is 1. The largest absolute Gasteiger partial charge is 0.375 e. The minimum Gasteiger partial charge on any atom is -0.375 e. The lowest BCUT2D eigenvalue weighted by atomic mass is 10.1. The van der Waals surface area contributed by atoms with Crippen molar-refractivity contribution >= 4 is 11.4 Å². The van der Waals surface area contributed by atoms with Crippen LogP contribution >= 0.6 is 0 Å². The van der Waals surface area contributed by atoms with Crippen LogP contribution in [0, 0.1) is 28.4 Å². The Kier molecular flexibility index (Phi) is 4.94. The van der Waals surface area contributed by atoms with Gasteiger partial charge in [0, 0.05) is 31.5 Å². The molecule has 3 aromatic rings. The maximum Gasteiger partial charge on any atom is 0.293 e. The van der Waals surface area contributed by atoms with Gasteiger partial charge in [0.2, 0.25) is 0 Å². The number of nitrogens with zero attached hydrogens (tertiary/aromatic N) is 4. The van der Waals surface area contributed by atoms with E-state index in [4.69, 9.17) is 5.26 Å². The second-order valence-corrected chi connectivity index (χ2v) is 5.88. The molecule has 0 bridgehead atoms. The van der Waals surface area contributed by atoms with Crippen molar-refractivity contribution in [3.63, 3.8) is 0 Å². The van der Waals surface area contributed by atoms with Crippen LogP contribution in [0.4, 0.5) is 11.4 Å². The van der Waals surface area contributed by atoms with Crippen LogP contribution in [-0.4, -0.2) is 14.5 Å². The molecule has 0 saturated carbocycles. The SMILES string of the molecule is Cc1nccn1Cc1cccc(CNc2ccc(C#N)cc2[N+](=O)[O-])c1. The zero-order valence-electron chi connectivity index (χ0n) is 14.2. The van der Waals surface area contributed by atoms with Gasteiger partial charge in [0.15, 0.2) is 0 Å². The summed E-state index contributed by atoms with van der Waals surface area (Å²) in [5.74, 6) is 0.946. The van der Waals surface area contributed by atoms with E-state index in [0.29, 0.717) is 12.2 Å². The van der Waals surface area contributed by atoms with Gasteiger partial charge < -0.3 is 9.88 Å². The molecule has 7 nitrogen and oxygen atoms in total. The first-order valence-electron chi connectivity index (χ1n) is 8.05. The Labute approximate surface area is 150 Å². The smallest absolute Gasteiger partial charge is 0.293 e. The molecule has 0 atom stereocenters. The van der Waals surface area contributed by atoms with E-state index in [0.717, 1.165) is 23.5 Å². The Balaban J connectivity index is 1.74. The van der Waals surface area contributed by atoms with Crippen LogP contribution in [0.25, 0.3) is 0 Å². The molecule has 0 aliphatic heterocycles. The minimum absolute atomic E-state index is 0.103. The predicted octanol–water partition coefficient (Wildman–Crippen LogP) is 3.63. The molecule has 7 heteroatoms. The fourth-order valence-corrected chi connectivity index (χ4v) is 2.70. The number of rotatable bonds is 6. The van der Waals surface area contributed by atoms with Gasteiger partial charge in [0.1, 0.15) is 11.5 Å². The number of hydrogen-bond donors (Lipinski definition) is 1. The highest BCUT2D eigenvalue weighted by Gasteiger charge is 2.14. The Morgan fingerprint density at radius 2 is 2.08 bits per heavy atom. The van der Waals surface area contributed by atoms with E-state index in [1.165, 1.54) is 6.07 Å². The summed E-state index contributed by atoms with van der Waals surface area (Å²) in [6.07, 6.45) is 3.70. The zero-order chi connectivity index (χ0) is 18.5. The van der Waals surface area contributed by atoms with E-state index in [1.54, 1.807) is 18.3 Å². The van der Waals surface area contributed by atoms with Crippen LogP contribution in [0.2, 0.25) is 0 Å². The van der Waals surface area contributed by atoms with Crippen LogP contribution in [0.3, 0.4) is 0 Å². The molecule has 0 aliphatic rings. The topological polar surface area (TPSA) is 96.8 Å². The van der Waals surface area contributed by atoms with Crippen LogP contribution in [0.15, 0.2) is 54.9 Å². The summed E-state index contributed by atoms with van der Waals surface area (Å²) >= 11 is 0. The normalized spacial score (nSPS) is 10.3. The van der Waals surface area contributed by atoms with Gasteiger partial charge in [0.25, 0.3) is 5.69 Å². The van der Waals surface area contributed by atoms with Gasteiger partial charge in [-0.1, -0.05) is 24.3 Å². The average Bonchev–Trinajstić information content (AvgIpc) is 3.04. The second-order valence-electron chi connectivity index (χ2n) is 5.88. The number of benzene rings is 2. The van der Waals surface area contributed by atoms with Gasteiger partial charge >= 0.3 is 0 Å². The Bertz CT molecular complexity index is 988. The molecule has 1 aromatic heterocycles. The van der Waals surface area contributed by atoms with Gasteiger partial charge in [0.05, 0.1) is 16.6 Å². The lowest BCUT2D eigenvalue weighted by molar-refractivity contribution is -0.384. The number of nitriles is 1. The first-order chi connectivity index (χ1) is 12.6. The molecule has 2 aromatic carbocycles. The highest BCUT2D eigenvalue weighted by Crippen LogP contribution is 2.26. The third-order valence-corrected chi connectivity index (χ3v) is 4.07. The van der Waals surface area contributed by atoms with Gasteiger partial charge in [-0.2, -0.15) is 5.26 Å². The van der Waals surface area contributed by atoms with E-state index in [-0.39, 0.29) is 11.3 Å². The highest BCUT2D eigenvalue weighted by atomic mass is 16.6. The van der Waals surface area contributed by atoms with Gasteiger partial charge in [-0.25, -0.2) is 4.98 Å². The van der Waals surface area contributed by atoms with E-state index >= 15 is 0 Å². The van der Waals surface area contributed by atoms with Crippen LogP contribution in [-0.2, 0) is 13.1 Å². The summed E-state index contributed by atoms with van der Waals surface area (Å²) < 4.78 is 2.05. The average molecular weight is 347 g/mol. The number of hydrogen-bond acceptors (Lipinski definition) is 5. The second kappa shape index (κ2) is 7.49. The summed E-state index contributed by atoms with van der Waals surface area (Å²) in [5, 5.41) is 23.2. The lowest BCUT2D eigenvalue weighted by Gasteiger charge is -2.10. The van der Waals surface area contributed by atoms with Crippen molar-refractivity contribution in [2.75, 3.05) is 5.32 Å². The molecule has 1 heterocycles. The van der Waals surface area contributed by atoms with Crippen molar-refractivity contribution in [2.24, 2.45) is 0 Å². The number of aromatic nitrogens is 2. The van der Waals surface area contributed by atoms with Gasteiger partial charge in [-0.3, -0.25) is 10.1 Å². The maximum atomic E-state index is 11.2. The van der Waals surface area contributed by atoms with Crippen molar-refractivity contribution in [3.8, 4) is 6.07 Å². The molecule has 3 rings (SSSR count). The first kappa shape index (κ1) is 17.2. The summed E-state index contributed by atoms with van der Waals surface area (Å²) in [5.41, 5.74) is 2.69. The summed E-state index contributed by atoms with van der Waals surface area (Å²) in [6.45, 7) is 3.12. The molecule has 26 heavy (non-hydrogen) atoms. The number of nitrogens with one attached hydrogen (secondary N) is 1. The summed E-state index contributed by atoms with van der Waals surface area (Å²) in [4.78, 5) is 14.9. The third kappa shape index (κ3) is 3.87. The van der Waals surface area contributed by atoms with Gasteiger partial charge in [-0.05, 0) is 30.2 Å². The quantitative estimate of drug-likeness (QED) is 0.542. The first-order valence-corrected chi connectivity index (χ1v) is 8.05. The Morgan fingerprint density at radius 1 is 1.27 bits per heavy atom. The molecule has 130 valence electrons. The van der Waals surface area contributed by atoms with Crippen molar-refractivity contribution < 1.29 is 4.92 Å².